The van der Waals surface area contributed by atoms with Crippen LogP contribution in [0.1, 0.15) is 70.4 Å². The SMILES string of the molecule is C#Cc1c(Oc2cc(C(=O)O)cc(C(=O)O)c2)cccc1C12CC3CC(CC(C3)C1)C2. The Morgan fingerprint density at radius 3 is 1.97 bits per heavy atom. The Bertz CT molecular complexity index is 1060. The highest BCUT2D eigenvalue weighted by atomic mass is 16.5. The van der Waals surface area contributed by atoms with Gasteiger partial charge in [0.05, 0.1) is 16.7 Å². The molecule has 0 aromatic heterocycles. The summed E-state index contributed by atoms with van der Waals surface area (Å²) in [5.41, 5.74) is 1.65. The summed E-state index contributed by atoms with van der Waals surface area (Å²) in [5.74, 6) is 3.32. The Balaban J connectivity index is 1.55. The van der Waals surface area contributed by atoms with Crippen molar-refractivity contribution in [1.82, 2.24) is 0 Å². The first-order chi connectivity index (χ1) is 14.9. The van der Waals surface area contributed by atoms with Crippen LogP contribution in [0, 0.1) is 30.1 Å². The number of hydrogen-bond acceptors (Lipinski definition) is 3. The molecule has 0 aliphatic heterocycles. The maximum Gasteiger partial charge on any atom is 0.335 e. The van der Waals surface area contributed by atoms with Crippen LogP contribution in [0.5, 0.6) is 11.5 Å². The second-order valence-corrected chi connectivity index (χ2v) is 9.48. The lowest BCUT2D eigenvalue weighted by molar-refractivity contribution is -0.00537. The van der Waals surface area contributed by atoms with Gasteiger partial charge in [-0.3, -0.25) is 0 Å². The zero-order valence-electron chi connectivity index (χ0n) is 17.1. The van der Waals surface area contributed by atoms with Crippen molar-refractivity contribution >= 4 is 11.9 Å². The first-order valence-corrected chi connectivity index (χ1v) is 10.8. The van der Waals surface area contributed by atoms with Crippen molar-refractivity contribution in [3.05, 3.63) is 58.7 Å². The second-order valence-electron chi connectivity index (χ2n) is 9.48. The van der Waals surface area contributed by atoms with Gasteiger partial charge in [0.1, 0.15) is 11.5 Å². The monoisotopic (exact) mass is 416 g/mol. The molecule has 5 heteroatoms. The first-order valence-electron chi connectivity index (χ1n) is 10.8. The lowest BCUT2D eigenvalue weighted by Gasteiger charge is -2.57. The number of ether oxygens (including phenoxy) is 1. The fourth-order valence-electron chi connectivity index (χ4n) is 6.68. The maximum atomic E-state index is 11.4. The summed E-state index contributed by atoms with van der Waals surface area (Å²) in [5, 5.41) is 18.7. The molecule has 0 radical (unpaired) electrons. The molecule has 0 atom stereocenters. The summed E-state index contributed by atoms with van der Waals surface area (Å²) in [7, 11) is 0. The van der Waals surface area contributed by atoms with Gasteiger partial charge < -0.3 is 14.9 Å². The van der Waals surface area contributed by atoms with Crippen molar-refractivity contribution < 1.29 is 24.5 Å². The summed E-state index contributed by atoms with van der Waals surface area (Å²) in [6.07, 6.45) is 13.4. The molecule has 0 spiro atoms. The molecule has 2 aromatic carbocycles. The lowest BCUT2D eigenvalue weighted by Crippen LogP contribution is -2.48. The van der Waals surface area contributed by atoms with E-state index in [0.717, 1.165) is 48.6 Å². The van der Waals surface area contributed by atoms with E-state index in [4.69, 9.17) is 11.2 Å². The molecule has 31 heavy (non-hydrogen) atoms. The molecule has 2 aromatic rings. The van der Waals surface area contributed by atoms with E-state index in [9.17, 15) is 19.8 Å². The van der Waals surface area contributed by atoms with E-state index in [0.29, 0.717) is 11.3 Å². The van der Waals surface area contributed by atoms with Crippen LogP contribution < -0.4 is 4.74 Å². The van der Waals surface area contributed by atoms with Gasteiger partial charge >= 0.3 is 11.9 Å². The highest BCUT2D eigenvalue weighted by Gasteiger charge is 2.52. The van der Waals surface area contributed by atoms with Crippen molar-refractivity contribution in [3.8, 4) is 23.8 Å². The van der Waals surface area contributed by atoms with Crippen molar-refractivity contribution in [3.63, 3.8) is 0 Å². The minimum atomic E-state index is -1.22. The van der Waals surface area contributed by atoms with Crippen LogP contribution in [0.15, 0.2) is 36.4 Å². The van der Waals surface area contributed by atoms with Crippen LogP contribution in [0.25, 0.3) is 0 Å². The third-order valence-electron chi connectivity index (χ3n) is 7.41. The van der Waals surface area contributed by atoms with Crippen LogP contribution in [-0.4, -0.2) is 22.2 Å². The summed E-state index contributed by atoms with van der Waals surface area (Å²) in [4.78, 5) is 22.9. The molecule has 2 N–H and O–H groups in total. The minimum absolute atomic E-state index is 0.0883. The van der Waals surface area contributed by atoms with Gasteiger partial charge in [-0.05, 0) is 91.5 Å². The van der Waals surface area contributed by atoms with Crippen LogP contribution in [0.3, 0.4) is 0 Å². The Morgan fingerprint density at radius 2 is 1.48 bits per heavy atom. The maximum absolute atomic E-state index is 11.4. The summed E-state index contributed by atoms with van der Waals surface area (Å²) >= 11 is 0. The third-order valence-corrected chi connectivity index (χ3v) is 7.41. The molecule has 4 aliphatic rings. The van der Waals surface area contributed by atoms with E-state index < -0.39 is 11.9 Å². The predicted octanol–water partition coefficient (Wildman–Crippen LogP) is 5.32. The van der Waals surface area contributed by atoms with E-state index >= 15 is 0 Å². The molecule has 158 valence electrons. The van der Waals surface area contributed by atoms with Gasteiger partial charge in [-0.25, -0.2) is 9.59 Å². The highest BCUT2D eigenvalue weighted by molar-refractivity contribution is 5.94. The van der Waals surface area contributed by atoms with Gasteiger partial charge in [0.2, 0.25) is 0 Å². The molecule has 0 unspecified atom stereocenters. The molecule has 4 aliphatic carbocycles. The quantitative estimate of drug-likeness (QED) is 0.644. The molecule has 6 rings (SSSR count). The third kappa shape index (κ3) is 3.37. The fraction of sp³-hybridized carbons (Fsp3) is 0.385. The van der Waals surface area contributed by atoms with Gasteiger partial charge in [-0.2, -0.15) is 0 Å². The first kappa shape index (κ1) is 19.7. The predicted molar refractivity (Wildman–Crippen MR) is 115 cm³/mol. The zero-order valence-corrected chi connectivity index (χ0v) is 17.1. The summed E-state index contributed by atoms with van der Waals surface area (Å²) in [6, 6.07) is 9.59. The topological polar surface area (TPSA) is 83.8 Å². The molecule has 4 bridgehead atoms. The van der Waals surface area contributed by atoms with Crippen LogP contribution in [0.2, 0.25) is 0 Å². The zero-order chi connectivity index (χ0) is 21.8. The van der Waals surface area contributed by atoms with Crippen LogP contribution >= 0.6 is 0 Å². The molecular formula is C26H24O5. The van der Waals surface area contributed by atoms with Crippen molar-refractivity contribution in [2.75, 3.05) is 0 Å². The standard InChI is InChI=1S/C26H24O5/c1-2-21-22(26-12-15-6-16(13-26)8-17(7-15)14-26)4-3-5-23(21)31-20-10-18(24(27)28)9-19(11-20)25(29)30/h1,3-5,9-11,15-17H,6-8,12-14H2,(H,27,28)(H,29,30). The number of terminal acetylenes is 1. The van der Waals surface area contributed by atoms with E-state index in [1.807, 2.05) is 6.07 Å². The number of aromatic carboxylic acids is 2. The lowest BCUT2D eigenvalue weighted by atomic mass is 9.47. The van der Waals surface area contributed by atoms with E-state index in [2.05, 4.69) is 12.0 Å². The number of benzene rings is 2. The molecule has 4 fully saturated rings. The van der Waals surface area contributed by atoms with Crippen molar-refractivity contribution in [2.45, 2.75) is 43.9 Å². The van der Waals surface area contributed by atoms with Gasteiger partial charge in [-0.15, -0.1) is 6.42 Å². The summed E-state index contributed by atoms with van der Waals surface area (Å²) in [6.45, 7) is 0. The fourth-order valence-corrected chi connectivity index (χ4v) is 6.68. The van der Waals surface area contributed by atoms with E-state index in [-0.39, 0.29) is 22.3 Å². The van der Waals surface area contributed by atoms with Crippen molar-refractivity contribution in [2.24, 2.45) is 17.8 Å². The summed E-state index contributed by atoms with van der Waals surface area (Å²) < 4.78 is 6.02. The average Bonchev–Trinajstić information content (AvgIpc) is 2.72. The molecular weight excluding hydrogens is 392 g/mol. The Kier molecular flexibility index (Phi) is 4.55. The Hall–Kier alpha value is -3.26. The second kappa shape index (κ2) is 7.16. The average molecular weight is 416 g/mol. The molecule has 0 amide bonds. The van der Waals surface area contributed by atoms with Gasteiger partial charge in [0, 0.05) is 0 Å². The Labute approximate surface area is 181 Å². The number of carbonyl (C=O) groups is 2. The highest BCUT2D eigenvalue weighted by Crippen LogP contribution is 2.61. The number of rotatable bonds is 5. The van der Waals surface area contributed by atoms with Gasteiger partial charge in [0.25, 0.3) is 0 Å². The molecule has 5 nitrogen and oxygen atoms in total. The Morgan fingerprint density at radius 1 is 0.935 bits per heavy atom. The normalized spacial score (nSPS) is 28.2. The minimum Gasteiger partial charge on any atom is -0.478 e. The smallest absolute Gasteiger partial charge is 0.335 e. The molecule has 0 heterocycles. The van der Waals surface area contributed by atoms with Crippen LogP contribution in [0.4, 0.5) is 0 Å². The van der Waals surface area contributed by atoms with Gasteiger partial charge in [0.15, 0.2) is 0 Å². The number of carboxylic acids is 2. The van der Waals surface area contributed by atoms with E-state index in [1.165, 1.54) is 31.4 Å². The molecule has 4 saturated carbocycles. The van der Waals surface area contributed by atoms with Crippen molar-refractivity contribution in [1.29, 1.82) is 0 Å². The molecule has 0 saturated heterocycles. The number of carboxylic acid groups (broad SMARTS) is 2. The van der Waals surface area contributed by atoms with Gasteiger partial charge in [-0.1, -0.05) is 18.1 Å². The van der Waals surface area contributed by atoms with E-state index in [1.54, 1.807) is 6.07 Å². The largest absolute Gasteiger partial charge is 0.478 e. The van der Waals surface area contributed by atoms with Crippen LogP contribution in [-0.2, 0) is 5.41 Å². The number of hydrogen-bond donors (Lipinski definition) is 2.